The Bertz CT molecular complexity index is 497. The topological polar surface area (TPSA) is 38.9 Å². The number of aryl methyl sites for hydroxylation is 1. The van der Waals surface area contributed by atoms with E-state index in [1.54, 1.807) is 0 Å². The van der Waals surface area contributed by atoms with Gasteiger partial charge in [0, 0.05) is 24.2 Å². The fraction of sp³-hybridized carbons (Fsp3) is 0.214. The van der Waals surface area contributed by atoms with E-state index in [9.17, 15) is 4.39 Å². The SMILES string of the molecule is NCc1cccc(-c2cccc(CCF)n2)c1. The maximum Gasteiger partial charge on any atom is 0.0949 e. The van der Waals surface area contributed by atoms with Gasteiger partial charge in [0.15, 0.2) is 0 Å². The van der Waals surface area contributed by atoms with Gasteiger partial charge < -0.3 is 5.73 Å². The zero-order valence-corrected chi connectivity index (χ0v) is 9.57. The molecule has 0 unspecified atom stereocenters. The average molecular weight is 230 g/mol. The predicted octanol–water partition coefficient (Wildman–Crippen LogP) is 2.72. The summed E-state index contributed by atoms with van der Waals surface area (Å²) in [7, 11) is 0. The van der Waals surface area contributed by atoms with E-state index >= 15 is 0 Å². The maximum absolute atomic E-state index is 12.3. The van der Waals surface area contributed by atoms with E-state index in [4.69, 9.17) is 5.73 Å². The smallest absolute Gasteiger partial charge is 0.0949 e. The molecule has 0 amide bonds. The quantitative estimate of drug-likeness (QED) is 0.877. The zero-order valence-electron chi connectivity index (χ0n) is 9.57. The van der Waals surface area contributed by atoms with Gasteiger partial charge in [-0.1, -0.05) is 24.3 Å². The standard InChI is InChI=1S/C14H15FN2/c15-8-7-13-5-2-6-14(17-13)12-4-1-3-11(9-12)10-16/h1-6,9H,7-8,10,16H2. The molecule has 0 bridgehead atoms. The minimum atomic E-state index is -0.376. The zero-order chi connectivity index (χ0) is 12.1. The Kier molecular flexibility index (Phi) is 3.83. The van der Waals surface area contributed by atoms with Gasteiger partial charge in [0.05, 0.1) is 12.4 Å². The lowest BCUT2D eigenvalue weighted by Gasteiger charge is -2.05. The molecule has 0 aliphatic rings. The minimum absolute atomic E-state index is 0.365. The van der Waals surface area contributed by atoms with Gasteiger partial charge in [-0.05, 0) is 23.8 Å². The van der Waals surface area contributed by atoms with Crippen LogP contribution >= 0.6 is 0 Å². The first-order chi connectivity index (χ1) is 8.33. The van der Waals surface area contributed by atoms with Crippen molar-refractivity contribution in [3.05, 3.63) is 53.7 Å². The molecule has 0 radical (unpaired) electrons. The molecule has 2 rings (SSSR count). The van der Waals surface area contributed by atoms with Gasteiger partial charge in [-0.15, -0.1) is 0 Å². The fourth-order valence-electron chi connectivity index (χ4n) is 1.73. The summed E-state index contributed by atoms with van der Waals surface area (Å²) in [5, 5.41) is 0. The summed E-state index contributed by atoms with van der Waals surface area (Å²) >= 11 is 0. The fourth-order valence-corrected chi connectivity index (χ4v) is 1.73. The lowest BCUT2D eigenvalue weighted by atomic mass is 10.1. The van der Waals surface area contributed by atoms with Crippen LogP contribution in [0.1, 0.15) is 11.3 Å². The number of benzene rings is 1. The molecule has 1 heterocycles. The van der Waals surface area contributed by atoms with Crippen LogP contribution in [0.15, 0.2) is 42.5 Å². The van der Waals surface area contributed by atoms with E-state index in [1.807, 2.05) is 42.5 Å². The van der Waals surface area contributed by atoms with Crippen molar-refractivity contribution in [3.8, 4) is 11.3 Å². The Morgan fingerprint density at radius 3 is 2.71 bits per heavy atom. The summed E-state index contributed by atoms with van der Waals surface area (Å²) in [5.41, 5.74) is 9.34. The predicted molar refractivity (Wildman–Crippen MR) is 67.2 cm³/mol. The van der Waals surface area contributed by atoms with Gasteiger partial charge in [0.25, 0.3) is 0 Å². The number of hydrogen-bond acceptors (Lipinski definition) is 2. The third-order valence-corrected chi connectivity index (χ3v) is 2.62. The van der Waals surface area contributed by atoms with E-state index in [1.165, 1.54) is 0 Å². The van der Waals surface area contributed by atoms with E-state index in [2.05, 4.69) is 4.98 Å². The van der Waals surface area contributed by atoms with Crippen LogP contribution in [-0.4, -0.2) is 11.7 Å². The molecule has 2 nitrogen and oxygen atoms in total. The molecule has 2 aromatic rings. The van der Waals surface area contributed by atoms with E-state index in [0.717, 1.165) is 22.5 Å². The first kappa shape index (κ1) is 11.7. The molecule has 0 spiro atoms. The number of nitrogens with two attached hydrogens (primary N) is 1. The van der Waals surface area contributed by atoms with Gasteiger partial charge in [-0.2, -0.15) is 0 Å². The maximum atomic E-state index is 12.3. The highest BCUT2D eigenvalue weighted by molar-refractivity contribution is 5.60. The largest absolute Gasteiger partial charge is 0.326 e. The molecule has 0 saturated carbocycles. The minimum Gasteiger partial charge on any atom is -0.326 e. The lowest BCUT2D eigenvalue weighted by Crippen LogP contribution is -1.97. The van der Waals surface area contributed by atoms with Crippen LogP contribution < -0.4 is 5.73 Å². The van der Waals surface area contributed by atoms with Crippen LogP contribution in [0.25, 0.3) is 11.3 Å². The third kappa shape index (κ3) is 2.88. The normalized spacial score (nSPS) is 10.5. The molecule has 0 aliphatic heterocycles. The van der Waals surface area contributed by atoms with Crippen molar-refractivity contribution in [3.63, 3.8) is 0 Å². The Labute approximate surface area is 100 Å². The first-order valence-electron chi connectivity index (χ1n) is 5.65. The third-order valence-electron chi connectivity index (χ3n) is 2.62. The van der Waals surface area contributed by atoms with E-state index in [-0.39, 0.29) is 6.67 Å². The van der Waals surface area contributed by atoms with Crippen LogP contribution in [0.5, 0.6) is 0 Å². The van der Waals surface area contributed by atoms with Crippen molar-refractivity contribution >= 4 is 0 Å². The van der Waals surface area contributed by atoms with Crippen LogP contribution in [0.3, 0.4) is 0 Å². The number of nitrogens with zero attached hydrogens (tertiary/aromatic N) is 1. The van der Waals surface area contributed by atoms with Crippen LogP contribution in [-0.2, 0) is 13.0 Å². The molecule has 88 valence electrons. The highest BCUT2D eigenvalue weighted by Gasteiger charge is 2.01. The van der Waals surface area contributed by atoms with Crippen LogP contribution in [0.2, 0.25) is 0 Å². The average Bonchev–Trinajstić information content (AvgIpc) is 2.40. The molecule has 0 aliphatic carbocycles. The van der Waals surface area contributed by atoms with Crippen molar-refractivity contribution in [1.82, 2.24) is 4.98 Å². The van der Waals surface area contributed by atoms with Crippen molar-refractivity contribution in [2.24, 2.45) is 5.73 Å². The summed E-state index contributed by atoms with van der Waals surface area (Å²) < 4.78 is 12.3. The van der Waals surface area contributed by atoms with Crippen molar-refractivity contribution in [2.75, 3.05) is 6.67 Å². The Morgan fingerprint density at radius 1 is 1.12 bits per heavy atom. The molecule has 17 heavy (non-hydrogen) atoms. The molecule has 0 fully saturated rings. The second kappa shape index (κ2) is 5.55. The second-order valence-corrected chi connectivity index (χ2v) is 3.86. The number of rotatable bonds is 4. The Balaban J connectivity index is 2.34. The summed E-state index contributed by atoms with van der Waals surface area (Å²) in [5.74, 6) is 0. The van der Waals surface area contributed by atoms with Gasteiger partial charge in [0.2, 0.25) is 0 Å². The summed E-state index contributed by atoms with van der Waals surface area (Å²) in [6, 6.07) is 13.6. The molecule has 1 aromatic carbocycles. The van der Waals surface area contributed by atoms with Crippen molar-refractivity contribution in [1.29, 1.82) is 0 Å². The molecular formula is C14H15FN2. The Hall–Kier alpha value is -1.74. The number of aromatic nitrogens is 1. The molecule has 0 atom stereocenters. The number of pyridine rings is 1. The highest BCUT2D eigenvalue weighted by atomic mass is 19.1. The van der Waals surface area contributed by atoms with Crippen molar-refractivity contribution in [2.45, 2.75) is 13.0 Å². The highest BCUT2D eigenvalue weighted by Crippen LogP contribution is 2.18. The monoisotopic (exact) mass is 230 g/mol. The molecular weight excluding hydrogens is 215 g/mol. The van der Waals surface area contributed by atoms with Crippen molar-refractivity contribution < 1.29 is 4.39 Å². The summed E-state index contributed by atoms with van der Waals surface area (Å²) in [6.07, 6.45) is 0.365. The van der Waals surface area contributed by atoms with Gasteiger partial charge >= 0.3 is 0 Å². The number of halogens is 1. The van der Waals surface area contributed by atoms with E-state index < -0.39 is 0 Å². The lowest BCUT2D eigenvalue weighted by molar-refractivity contribution is 0.492. The summed E-state index contributed by atoms with van der Waals surface area (Å²) in [6.45, 7) is 0.136. The molecule has 1 aromatic heterocycles. The Morgan fingerprint density at radius 2 is 1.94 bits per heavy atom. The van der Waals surface area contributed by atoms with Gasteiger partial charge in [0.1, 0.15) is 0 Å². The molecule has 0 saturated heterocycles. The van der Waals surface area contributed by atoms with E-state index in [0.29, 0.717) is 13.0 Å². The summed E-state index contributed by atoms with van der Waals surface area (Å²) in [4.78, 5) is 4.43. The van der Waals surface area contributed by atoms with Gasteiger partial charge in [-0.25, -0.2) is 0 Å². The first-order valence-corrected chi connectivity index (χ1v) is 5.65. The molecule has 2 N–H and O–H groups in total. The van der Waals surface area contributed by atoms with Gasteiger partial charge in [-0.3, -0.25) is 9.37 Å². The molecule has 3 heteroatoms. The van der Waals surface area contributed by atoms with Crippen LogP contribution in [0, 0.1) is 0 Å². The van der Waals surface area contributed by atoms with Crippen LogP contribution in [0.4, 0.5) is 4.39 Å². The number of alkyl halides is 1. The number of hydrogen-bond donors (Lipinski definition) is 1. The second-order valence-electron chi connectivity index (χ2n) is 3.86.